The molecule has 2 amide bonds. The summed E-state index contributed by atoms with van der Waals surface area (Å²) in [6, 6.07) is 6.70. The van der Waals surface area contributed by atoms with Crippen LogP contribution < -0.4 is 15.4 Å². The summed E-state index contributed by atoms with van der Waals surface area (Å²) in [6.07, 6.45) is 4.29. The molecule has 0 radical (unpaired) electrons. The maximum atomic E-state index is 12.5. The first-order valence-electron chi connectivity index (χ1n) is 11.1. The van der Waals surface area contributed by atoms with Gasteiger partial charge in [-0.1, -0.05) is 26.8 Å². The van der Waals surface area contributed by atoms with Gasteiger partial charge in [0, 0.05) is 38.0 Å². The molecule has 1 aliphatic heterocycles. The van der Waals surface area contributed by atoms with E-state index in [9.17, 15) is 9.59 Å². The van der Waals surface area contributed by atoms with Crippen molar-refractivity contribution in [2.45, 2.75) is 40.5 Å². The molecule has 1 aromatic heterocycles. The number of likely N-dealkylation sites (tertiary alicyclic amines) is 1. The number of hydrogen-bond acceptors (Lipinski definition) is 6. The molecule has 33 heavy (non-hydrogen) atoms. The van der Waals surface area contributed by atoms with E-state index < -0.39 is 0 Å². The number of urea groups is 1. The number of methoxy groups -OCH3 is 1. The van der Waals surface area contributed by atoms with Gasteiger partial charge < -0.3 is 15.0 Å². The number of benzene rings is 1. The number of pyridine rings is 1. The molecule has 2 heterocycles. The highest BCUT2D eigenvalue weighted by atomic mass is 16.5. The van der Waals surface area contributed by atoms with E-state index in [1.54, 1.807) is 43.0 Å². The molecule has 0 aliphatic carbocycles. The van der Waals surface area contributed by atoms with Gasteiger partial charge in [0.2, 0.25) is 0 Å². The molecule has 0 bridgehead atoms. The van der Waals surface area contributed by atoms with E-state index in [0.717, 1.165) is 19.5 Å². The average molecular weight is 453 g/mol. The summed E-state index contributed by atoms with van der Waals surface area (Å²) >= 11 is 0. The summed E-state index contributed by atoms with van der Waals surface area (Å²) in [5.41, 5.74) is 1.96. The molecule has 1 aromatic carbocycles. The molecule has 1 fully saturated rings. The van der Waals surface area contributed by atoms with Crippen molar-refractivity contribution in [1.29, 1.82) is 5.41 Å². The fourth-order valence-corrected chi connectivity index (χ4v) is 3.13. The van der Waals surface area contributed by atoms with Crippen molar-refractivity contribution in [2.75, 3.05) is 30.8 Å². The molecule has 0 spiro atoms. The Balaban J connectivity index is 0.00000187. The molecule has 1 saturated heterocycles. The van der Waals surface area contributed by atoms with E-state index in [4.69, 9.17) is 10.1 Å². The van der Waals surface area contributed by atoms with Crippen LogP contribution in [-0.2, 0) is 0 Å². The fourth-order valence-electron chi connectivity index (χ4n) is 3.13. The Morgan fingerprint density at radius 1 is 1.24 bits per heavy atom. The van der Waals surface area contributed by atoms with Crippen molar-refractivity contribution in [2.24, 2.45) is 4.99 Å². The Labute approximate surface area is 194 Å². The lowest BCUT2D eigenvalue weighted by Gasteiger charge is -2.30. The van der Waals surface area contributed by atoms with Crippen LogP contribution in [0.1, 0.15) is 56.5 Å². The summed E-state index contributed by atoms with van der Waals surface area (Å²) < 4.78 is 5.54. The number of nitrogens with zero attached hydrogens (tertiary/aromatic N) is 3. The van der Waals surface area contributed by atoms with E-state index in [1.165, 1.54) is 19.5 Å². The van der Waals surface area contributed by atoms with Crippen molar-refractivity contribution in [3.05, 3.63) is 41.6 Å². The van der Waals surface area contributed by atoms with Gasteiger partial charge in [-0.05, 0) is 25.5 Å². The van der Waals surface area contributed by atoms with Crippen LogP contribution in [0, 0.1) is 5.41 Å². The first-order chi connectivity index (χ1) is 16.0. The Bertz CT molecular complexity index is 1030. The SMILES string of the molecule is CC.CC=NC(=N)c1cccc(Nc2cc(NC(=O)N3CCC3)ncc2C(=O)CC)c1OC. The van der Waals surface area contributed by atoms with Gasteiger partial charge in [0.05, 0.1) is 29.6 Å². The number of Topliss-reactive ketones (excluding diaryl/α,β-unsaturated/α-hetero) is 1. The molecule has 9 nitrogen and oxygen atoms in total. The van der Waals surface area contributed by atoms with Crippen LogP contribution in [0.15, 0.2) is 35.5 Å². The highest BCUT2D eigenvalue weighted by molar-refractivity contribution is 6.05. The number of ether oxygens (including phenoxy) is 1. The Hall–Kier alpha value is -3.75. The van der Waals surface area contributed by atoms with Gasteiger partial charge in [-0.25, -0.2) is 14.8 Å². The first-order valence-corrected chi connectivity index (χ1v) is 11.1. The van der Waals surface area contributed by atoms with Crippen LogP contribution in [-0.4, -0.2) is 53.9 Å². The van der Waals surface area contributed by atoms with Crippen molar-refractivity contribution in [3.63, 3.8) is 0 Å². The second-order valence-electron chi connectivity index (χ2n) is 6.91. The monoisotopic (exact) mass is 452 g/mol. The van der Waals surface area contributed by atoms with E-state index in [-0.39, 0.29) is 17.6 Å². The minimum atomic E-state index is -0.218. The van der Waals surface area contributed by atoms with E-state index in [1.807, 2.05) is 13.8 Å². The number of carbonyl (C=O) groups excluding carboxylic acids is 2. The zero-order valence-corrected chi connectivity index (χ0v) is 19.9. The molecule has 0 atom stereocenters. The molecule has 0 saturated carbocycles. The third-order valence-corrected chi connectivity index (χ3v) is 4.91. The van der Waals surface area contributed by atoms with Gasteiger partial charge in [-0.15, -0.1) is 0 Å². The lowest BCUT2D eigenvalue weighted by atomic mass is 10.1. The van der Waals surface area contributed by atoms with Crippen molar-refractivity contribution >= 4 is 41.1 Å². The largest absolute Gasteiger partial charge is 0.494 e. The number of aliphatic imine (C=N–C) groups is 1. The fraction of sp³-hybridized carbons (Fsp3) is 0.375. The number of carbonyl (C=O) groups is 2. The number of amides is 2. The Morgan fingerprint density at radius 3 is 2.55 bits per heavy atom. The van der Waals surface area contributed by atoms with Crippen molar-refractivity contribution in [3.8, 4) is 5.75 Å². The van der Waals surface area contributed by atoms with Gasteiger partial charge in [-0.2, -0.15) is 0 Å². The minimum absolute atomic E-state index is 0.0603. The average Bonchev–Trinajstić information content (AvgIpc) is 2.79. The van der Waals surface area contributed by atoms with Crippen LogP contribution in [0.4, 0.5) is 22.0 Å². The summed E-state index contributed by atoms with van der Waals surface area (Å²) in [4.78, 5) is 34.7. The van der Waals surface area contributed by atoms with Gasteiger partial charge in [0.25, 0.3) is 0 Å². The number of hydrogen-bond donors (Lipinski definition) is 3. The molecule has 176 valence electrons. The zero-order valence-electron chi connectivity index (χ0n) is 19.9. The highest BCUT2D eigenvalue weighted by Gasteiger charge is 2.22. The maximum absolute atomic E-state index is 12.5. The summed E-state index contributed by atoms with van der Waals surface area (Å²) in [6.45, 7) is 8.95. The van der Waals surface area contributed by atoms with Gasteiger partial charge >= 0.3 is 6.03 Å². The number of para-hydroxylation sites is 1. The topological polar surface area (TPSA) is 120 Å². The van der Waals surface area contributed by atoms with E-state index >= 15 is 0 Å². The molecule has 9 heteroatoms. The molecular weight excluding hydrogens is 420 g/mol. The van der Waals surface area contributed by atoms with E-state index in [0.29, 0.717) is 40.5 Å². The molecule has 3 rings (SSSR count). The lowest BCUT2D eigenvalue weighted by Crippen LogP contribution is -2.44. The normalized spacial score (nSPS) is 12.3. The quantitative estimate of drug-likeness (QED) is 0.306. The van der Waals surface area contributed by atoms with Gasteiger partial charge in [0.1, 0.15) is 5.82 Å². The zero-order chi connectivity index (χ0) is 24.4. The molecule has 3 N–H and O–H groups in total. The first kappa shape index (κ1) is 25.5. The Morgan fingerprint density at radius 2 is 1.97 bits per heavy atom. The third-order valence-electron chi connectivity index (χ3n) is 4.91. The summed E-state index contributed by atoms with van der Waals surface area (Å²) in [5, 5.41) is 14.1. The number of ketones is 1. The van der Waals surface area contributed by atoms with Crippen LogP contribution in [0.5, 0.6) is 5.75 Å². The number of aromatic nitrogens is 1. The molecule has 0 unspecified atom stereocenters. The molecule has 1 aliphatic rings. The number of anilines is 3. The second-order valence-corrected chi connectivity index (χ2v) is 6.91. The van der Waals surface area contributed by atoms with Gasteiger partial charge in [-0.3, -0.25) is 15.5 Å². The van der Waals surface area contributed by atoms with Gasteiger partial charge in [0.15, 0.2) is 17.4 Å². The molecular formula is C24H32N6O3. The predicted molar refractivity (Wildman–Crippen MR) is 133 cm³/mol. The maximum Gasteiger partial charge on any atom is 0.323 e. The van der Waals surface area contributed by atoms with Crippen LogP contribution >= 0.6 is 0 Å². The second kappa shape index (κ2) is 12.3. The Kier molecular flexibility index (Phi) is 9.53. The lowest BCUT2D eigenvalue weighted by molar-refractivity contribution is 0.0988. The van der Waals surface area contributed by atoms with Crippen LogP contribution in [0.25, 0.3) is 0 Å². The number of nitrogens with one attached hydrogen (secondary N) is 3. The van der Waals surface area contributed by atoms with Crippen molar-refractivity contribution in [1.82, 2.24) is 9.88 Å². The summed E-state index contributed by atoms with van der Waals surface area (Å²) in [5.74, 6) is 0.737. The van der Waals surface area contributed by atoms with E-state index in [2.05, 4.69) is 20.6 Å². The smallest absolute Gasteiger partial charge is 0.323 e. The number of amidine groups is 1. The van der Waals surface area contributed by atoms with Crippen LogP contribution in [0.3, 0.4) is 0 Å². The highest BCUT2D eigenvalue weighted by Crippen LogP contribution is 2.34. The third kappa shape index (κ3) is 6.15. The van der Waals surface area contributed by atoms with Crippen molar-refractivity contribution < 1.29 is 14.3 Å². The standard InChI is InChI=1S/C22H26N6O3.C2H6/c1-4-18(29)15-13-25-19(27-22(30)28-10-7-11-28)12-17(15)26-16-9-6-8-14(20(16)31-3)21(23)24-5-2;1-2/h5-6,8-9,12-13,23H,4,7,10-11H2,1-3H3,(H2,25,26,27,30);1-2H3. The summed E-state index contributed by atoms with van der Waals surface area (Å²) in [7, 11) is 1.51. The van der Waals surface area contributed by atoms with Crippen LogP contribution in [0.2, 0.25) is 0 Å². The minimum Gasteiger partial charge on any atom is -0.494 e. The number of rotatable bonds is 7. The predicted octanol–water partition coefficient (Wildman–Crippen LogP) is 5.11. The molecule has 2 aromatic rings.